The molecule has 0 heterocycles. The third-order valence-electron chi connectivity index (χ3n) is 5.99. The normalized spacial score (nSPS) is 11.3. The van der Waals surface area contributed by atoms with E-state index in [1.54, 1.807) is 14.2 Å². The summed E-state index contributed by atoms with van der Waals surface area (Å²) in [5, 5.41) is 4.26. The molecule has 0 amide bonds. The summed E-state index contributed by atoms with van der Waals surface area (Å²) in [4.78, 5) is 0. The van der Waals surface area contributed by atoms with Crippen LogP contribution in [0.2, 0.25) is 0 Å². The number of hydrogen-bond donors (Lipinski definition) is 0. The van der Waals surface area contributed by atoms with Crippen LogP contribution in [0.5, 0.6) is 11.5 Å². The second-order valence-electron chi connectivity index (χ2n) is 8.30. The Labute approximate surface area is 212 Å². The fourth-order valence-corrected chi connectivity index (χ4v) is 4.49. The van der Waals surface area contributed by atoms with E-state index in [2.05, 4.69) is 36.4 Å². The molecule has 0 fully saturated rings. The highest BCUT2D eigenvalue weighted by Crippen LogP contribution is 2.48. The van der Waals surface area contributed by atoms with Gasteiger partial charge in [0.1, 0.15) is 11.5 Å². The Bertz CT molecular complexity index is 1200. The van der Waals surface area contributed by atoms with E-state index in [9.17, 15) is 0 Å². The van der Waals surface area contributed by atoms with Gasteiger partial charge in [0, 0.05) is 49.7 Å². The topological polar surface area (TPSA) is 55.4 Å². The van der Waals surface area contributed by atoms with Gasteiger partial charge in [0.25, 0.3) is 0 Å². The van der Waals surface area contributed by atoms with Crippen LogP contribution in [-0.4, -0.2) is 41.0 Å². The largest absolute Gasteiger partial charge is 0.466 e. The van der Waals surface area contributed by atoms with E-state index in [-0.39, 0.29) is 13.6 Å². The van der Waals surface area contributed by atoms with Crippen molar-refractivity contribution in [3.8, 4) is 22.6 Å². The zero-order chi connectivity index (χ0) is 25.3. The predicted octanol–water partition coefficient (Wildman–Crippen LogP) is 6.70. The summed E-state index contributed by atoms with van der Waals surface area (Å²) in [6.07, 6.45) is 0. The first-order valence-corrected chi connectivity index (χ1v) is 12.2. The molecule has 0 saturated heterocycles. The van der Waals surface area contributed by atoms with Crippen LogP contribution in [0.4, 0.5) is 0 Å². The molecule has 4 rings (SSSR count). The molecule has 4 aromatic rings. The Kier molecular flexibility index (Phi) is 9.14. The number of benzene rings is 4. The van der Waals surface area contributed by atoms with Crippen molar-refractivity contribution in [2.24, 2.45) is 0 Å². The van der Waals surface area contributed by atoms with Crippen molar-refractivity contribution < 1.29 is 28.4 Å². The number of rotatable bonds is 13. The van der Waals surface area contributed by atoms with Crippen LogP contribution < -0.4 is 9.47 Å². The standard InChI is InChI=1S/C30H34O6/c1-5-33-19-35-29-23(17-31-3)15-21-11-7-9-13-25(21)27(29)28-26-14-10-8-12-22(26)16-24(18-32-4)30(28)36-20-34-6-2/h7-16H,5-6,17-20H2,1-4H3. The molecule has 0 saturated carbocycles. The van der Waals surface area contributed by atoms with Gasteiger partial charge in [0.2, 0.25) is 0 Å². The summed E-state index contributed by atoms with van der Waals surface area (Å²) >= 11 is 0. The van der Waals surface area contributed by atoms with Crippen LogP contribution in [0.3, 0.4) is 0 Å². The van der Waals surface area contributed by atoms with Crippen LogP contribution in [0, 0.1) is 0 Å². The molecule has 190 valence electrons. The van der Waals surface area contributed by atoms with Crippen molar-refractivity contribution in [3.05, 3.63) is 71.8 Å². The molecule has 0 N–H and O–H groups in total. The zero-order valence-electron chi connectivity index (χ0n) is 21.5. The minimum atomic E-state index is 0.128. The third kappa shape index (κ3) is 5.47. The van der Waals surface area contributed by atoms with Crippen molar-refractivity contribution in [2.45, 2.75) is 27.1 Å². The Morgan fingerprint density at radius 2 is 1.00 bits per heavy atom. The third-order valence-corrected chi connectivity index (χ3v) is 5.99. The van der Waals surface area contributed by atoms with E-state index in [1.807, 2.05) is 38.1 Å². The van der Waals surface area contributed by atoms with Crippen LogP contribution >= 0.6 is 0 Å². The quantitative estimate of drug-likeness (QED) is 0.154. The predicted molar refractivity (Wildman–Crippen MR) is 143 cm³/mol. The van der Waals surface area contributed by atoms with E-state index in [4.69, 9.17) is 28.4 Å². The van der Waals surface area contributed by atoms with Gasteiger partial charge in [-0.1, -0.05) is 48.5 Å². The first-order valence-electron chi connectivity index (χ1n) is 12.2. The SMILES string of the molecule is CCOCOc1c(COC)cc2ccccc2c1-c1c(OCOCC)c(COC)cc2ccccc12. The first kappa shape index (κ1) is 25.9. The highest BCUT2D eigenvalue weighted by Gasteiger charge is 2.24. The number of hydrogen-bond acceptors (Lipinski definition) is 6. The minimum absolute atomic E-state index is 0.128. The van der Waals surface area contributed by atoms with Gasteiger partial charge in [-0.3, -0.25) is 0 Å². The molecule has 4 aromatic carbocycles. The Morgan fingerprint density at radius 1 is 0.583 bits per heavy atom. The monoisotopic (exact) mass is 490 g/mol. The molecule has 36 heavy (non-hydrogen) atoms. The zero-order valence-corrected chi connectivity index (χ0v) is 21.5. The maximum Gasteiger partial charge on any atom is 0.189 e. The molecule has 6 nitrogen and oxygen atoms in total. The number of fused-ring (bicyclic) bond motifs is 2. The molecule has 0 radical (unpaired) electrons. The Morgan fingerprint density at radius 3 is 1.39 bits per heavy atom. The first-order chi connectivity index (χ1) is 17.7. The van der Waals surface area contributed by atoms with Gasteiger partial charge in [-0.25, -0.2) is 0 Å². The fourth-order valence-electron chi connectivity index (χ4n) is 4.49. The summed E-state index contributed by atoms with van der Waals surface area (Å²) in [5.74, 6) is 1.43. The van der Waals surface area contributed by atoms with E-state index in [0.29, 0.717) is 37.9 Å². The summed E-state index contributed by atoms with van der Waals surface area (Å²) in [7, 11) is 3.37. The van der Waals surface area contributed by atoms with E-state index in [1.165, 1.54) is 0 Å². The molecular formula is C30H34O6. The lowest BCUT2D eigenvalue weighted by molar-refractivity contribution is 0.0199. The van der Waals surface area contributed by atoms with Gasteiger partial charge in [-0.05, 0) is 47.5 Å². The van der Waals surface area contributed by atoms with E-state index in [0.717, 1.165) is 43.8 Å². The maximum atomic E-state index is 6.33. The lowest BCUT2D eigenvalue weighted by Crippen LogP contribution is -2.09. The molecule has 0 atom stereocenters. The molecular weight excluding hydrogens is 456 g/mol. The number of methoxy groups -OCH3 is 2. The van der Waals surface area contributed by atoms with Crippen LogP contribution in [0.15, 0.2) is 60.7 Å². The molecule has 6 heteroatoms. The van der Waals surface area contributed by atoms with E-state index < -0.39 is 0 Å². The number of ether oxygens (including phenoxy) is 6. The lowest BCUT2D eigenvalue weighted by Gasteiger charge is -2.23. The summed E-state index contributed by atoms with van der Waals surface area (Å²) in [5.41, 5.74) is 3.73. The van der Waals surface area contributed by atoms with Gasteiger partial charge >= 0.3 is 0 Å². The average molecular weight is 491 g/mol. The maximum absolute atomic E-state index is 6.33. The molecule has 0 bridgehead atoms. The second kappa shape index (κ2) is 12.7. The molecule has 0 aromatic heterocycles. The molecule has 0 aliphatic heterocycles. The van der Waals surface area contributed by atoms with Crippen molar-refractivity contribution in [1.29, 1.82) is 0 Å². The van der Waals surface area contributed by atoms with Gasteiger partial charge in [0.15, 0.2) is 13.6 Å². The van der Waals surface area contributed by atoms with Crippen LogP contribution in [0.1, 0.15) is 25.0 Å². The van der Waals surface area contributed by atoms with Crippen molar-refractivity contribution in [3.63, 3.8) is 0 Å². The van der Waals surface area contributed by atoms with Gasteiger partial charge in [0.05, 0.1) is 13.2 Å². The minimum Gasteiger partial charge on any atom is -0.466 e. The second-order valence-corrected chi connectivity index (χ2v) is 8.30. The van der Waals surface area contributed by atoms with Gasteiger partial charge in [-0.15, -0.1) is 0 Å². The molecule has 0 aliphatic carbocycles. The van der Waals surface area contributed by atoms with Crippen molar-refractivity contribution >= 4 is 21.5 Å². The Balaban J connectivity index is 2.12. The van der Waals surface area contributed by atoms with Crippen LogP contribution in [-0.2, 0) is 32.2 Å². The lowest BCUT2D eigenvalue weighted by atomic mass is 9.89. The highest BCUT2D eigenvalue weighted by molar-refractivity contribution is 6.10. The molecule has 0 spiro atoms. The summed E-state index contributed by atoms with van der Waals surface area (Å²) in [6, 6.07) is 20.8. The molecule has 0 aliphatic rings. The van der Waals surface area contributed by atoms with Crippen molar-refractivity contribution in [2.75, 3.05) is 41.0 Å². The van der Waals surface area contributed by atoms with E-state index >= 15 is 0 Å². The Hall–Kier alpha value is -3.16. The highest BCUT2D eigenvalue weighted by atomic mass is 16.7. The van der Waals surface area contributed by atoms with Crippen LogP contribution in [0.25, 0.3) is 32.7 Å². The molecule has 0 unspecified atom stereocenters. The smallest absolute Gasteiger partial charge is 0.189 e. The summed E-state index contributed by atoms with van der Waals surface area (Å²) in [6.45, 7) is 6.04. The fraction of sp³-hybridized carbons (Fsp3) is 0.333. The average Bonchev–Trinajstić information content (AvgIpc) is 2.90. The summed E-state index contributed by atoms with van der Waals surface area (Å²) < 4.78 is 35.0. The van der Waals surface area contributed by atoms with Gasteiger partial charge in [-0.2, -0.15) is 0 Å². The van der Waals surface area contributed by atoms with Gasteiger partial charge < -0.3 is 28.4 Å². The van der Waals surface area contributed by atoms with Crippen molar-refractivity contribution in [1.82, 2.24) is 0 Å².